The summed E-state index contributed by atoms with van der Waals surface area (Å²) < 4.78 is 0. The first-order valence-electron chi connectivity index (χ1n) is 6.55. The molecule has 0 radical (unpaired) electrons. The molecule has 0 aliphatic carbocycles. The Balaban J connectivity index is 2.03. The number of aryl methyl sites for hydroxylation is 1. The predicted molar refractivity (Wildman–Crippen MR) is 80.3 cm³/mol. The highest BCUT2D eigenvalue weighted by Gasteiger charge is 2.14. The highest BCUT2D eigenvalue weighted by Crippen LogP contribution is 2.14. The van der Waals surface area contributed by atoms with Gasteiger partial charge in [0.1, 0.15) is 0 Å². The molecule has 1 aromatic heterocycles. The van der Waals surface area contributed by atoms with Crippen LogP contribution in [-0.2, 0) is 17.8 Å². The second-order valence-electron chi connectivity index (χ2n) is 4.59. The lowest BCUT2D eigenvalue weighted by molar-refractivity contribution is -0.130. The van der Waals surface area contributed by atoms with Crippen LogP contribution in [0.25, 0.3) is 0 Å². The Morgan fingerprint density at radius 2 is 2.00 bits per heavy atom. The summed E-state index contributed by atoms with van der Waals surface area (Å²) in [7, 11) is 0. The van der Waals surface area contributed by atoms with Crippen LogP contribution in [0.2, 0.25) is 0 Å². The summed E-state index contributed by atoms with van der Waals surface area (Å²) in [6, 6.07) is 12.2. The molecular weight excluding hydrogens is 254 g/mol. The van der Waals surface area contributed by atoms with Gasteiger partial charge in [0.15, 0.2) is 0 Å². The summed E-state index contributed by atoms with van der Waals surface area (Å²) in [5.74, 6) is 0.199. The molecule has 0 fully saturated rings. The Morgan fingerprint density at radius 3 is 2.63 bits per heavy atom. The van der Waals surface area contributed by atoms with E-state index in [0.717, 1.165) is 18.7 Å². The molecule has 0 aliphatic heterocycles. The number of amides is 1. The molecule has 0 aliphatic rings. The molecule has 0 bridgehead atoms. The molecule has 0 N–H and O–H groups in total. The Morgan fingerprint density at radius 1 is 1.21 bits per heavy atom. The van der Waals surface area contributed by atoms with Crippen LogP contribution in [0.5, 0.6) is 0 Å². The number of thiophene rings is 1. The molecule has 2 nitrogen and oxygen atoms in total. The van der Waals surface area contributed by atoms with Gasteiger partial charge in [0.05, 0.1) is 13.0 Å². The van der Waals surface area contributed by atoms with Gasteiger partial charge in [-0.15, -0.1) is 11.3 Å². The number of benzene rings is 1. The van der Waals surface area contributed by atoms with Gasteiger partial charge in [-0.2, -0.15) is 0 Å². The van der Waals surface area contributed by atoms with Crippen molar-refractivity contribution in [1.82, 2.24) is 4.90 Å². The normalized spacial score (nSPS) is 10.4. The first-order chi connectivity index (χ1) is 9.20. The minimum Gasteiger partial charge on any atom is -0.338 e. The summed E-state index contributed by atoms with van der Waals surface area (Å²) in [4.78, 5) is 15.5. The molecule has 0 spiro atoms. The molecular formula is C16H19NOS. The van der Waals surface area contributed by atoms with Crippen LogP contribution >= 0.6 is 11.3 Å². The molecule has 0 saturated heterocycles. The van der Waals surface area contributed by atoms with Crippen LogP contribution in [0.15, 0.2) is 41.8 Å². The van der Waals surface area contributed by atoms with Crippen LogP contribution in [0.1, 0.15) is 22.9 Å². The van der Waals surface area contributed by atoms with E-state index in [1.54, 1.807) is 11.3 Å². The monoisotopic (exact) mass is 273 g/mol. The summed E-state index contributed by atoms with van der Waals surface area (Å²) >= 11 is 1.70. The number of hydrogen-bond acceptors (Lipinski definition) is 2. The van der Waals surface area contributed by atoms with Crippen LogP contribution in [0, 0.1) is 6.92 Å². The lowest BCUT2D eigenvalue weighted by Gasteiger charge is -2.20. The number of likely N-dealkylation sites (N-methyl/N-ethyl adjacent to an activating group) is 1. The fourth-order valence-electron chi connectivity index (χ4n) is 2.05. The molecule has 0 atom stereocenters. The van der Waals surface area contributed by atoms with Crippen molar-refractivity contribution in [3.63, 3.8) is 0 Å². The molecule has 1 amide bonds. The SMILES string of the molecule is CCN(Cc1cccs1)C(=O)Cc1ccccc1C. The Kier molecular flexibility index (Phi) is 4.74. The van der Waals surface area contributed by atoms with Crippen molar-refractivity contribution in [2.45, 2.75) is 26.8 Å². The van der Waals surface area contributed by atoms with Gasteiger partial charge in [-0.05, 0) is 36.4 Å². The second-order valence-corrected chi connectivity index (χ2v) is 5.62. The van der Waals surface area contributed by atoms with Gasteiger partial charge in [0.25, 0.3) is 0 Å². The van der Waals surface area contributed by atoms with Crippen molar-refractivity contribution in [2.75, 3.05) is 6.54 Å². The molecule has 100 valence electrons. The van der Waals surface area contributed by atoms with Gasteiger partial charge in [-0.3, -0.25) is 4.79 Å². The molecule has 0 unspecified atom stereocenters. The minimum atomic E-state index is 0.199. The van der Waals surface area contributed by atoms with Crippen molar-refractivity contribution in [3.8, 4) is 0 Å². The van der Waals surface area contributed by atoms with E-state index in [0.29, 0.717) is 6.42 Å². The molecule has 1 aromatic carbocycles. The van der Waals surface area contributed by atoms with Crippen molar-refractivity contribution < 1.29 is 4.79 Å². The zero-order valence-corrected chi connectivity index (χ0v) is 12.2. The number of hydrogen-bond donors (Lipinski definition) is 0. The maximum absolute atomic E-state index is 12.4. The molecule has 19 heavy (non-hydrogen) atoms. The summed E-state index contributed by atoms with van der Waals surface area (Å²) in [5.41, 5.74) is 2.31. The van der Waals surface area contributed by atoms with Crippen LogP contribution in [0.4, 0.5) is 0 Å². The van der Waals surface area contributed by atoms with E-state index in [1.165, 1.54) is 10.4 Å². The maximum Gasteiger partial charge on any atom is 0.227 e. The van der Waals surface area contributed by atoms with E-state index in [-0.39, 0.29) is 5.91 Å². The van der Waals surface area contributed by atoms with Crippen molar-refractivity contribution in [2.24, 2.45) is 0 Å². The summed E-state index contributed by atoms with van der Waals surface area (Å²) in [5, 5.41) is 2.05. The average molecular weight is 273 g/mol. The summed E-state index contributed by atoms with van der Waals surface area (Å²) in [6.45, 7) is 5.56. The molecule has 1 heterocycles. The van der Waals surface area contributed by atoms with Crippen LogP contribution < -0.4 is 0 Å². The Bertz CT molecular complexity index is 533. The third-order valence-corrected chi connectivity index (χ3v) is 4.13. The second kappa shape index (κ2) is 6.53. The lowest BCUT2D eigenvalue weighted by Crippen LogP contribution is -2.31. The van der Waals surface area contributed by atoms with E-state index in [1.807, 2.05) is 36.1 Å². The minimum absolute atomic E-state index is 0.199. The van der Waals surface area contributed by atoms with Crippen molar-refractivity contribution in [3.05, 3.63) is 57.8 Å². The van der Waals surface area contributed by atoms with E-state index >= 15 is 0 Å². The van der Waals surface area contributed by atoms with E-state index < -0.39 is 0 Å². The van der Waals surface area contributed by atoms with Gasteiger partial charge >= 0.3 is 0 Å². The van der Waals surface area contributed by atoms with Crippen LogP contribution in [-0.4, -0.2) is 17.4 Å². The third kappa shape index (κ3) is 3.67. The highest BCUT2D eigenvalue weighted by molar-refractivity contribution is 7.09. The topological polar surface area (TPSA) is 20.3 Å². The van der Waals surface area contributed by atoms with Gasteiger partial charge < -0.3 is 4.90 Å². The first kappa shape index (κ1) is 13.8. The number of carbonyl (C=O) groups excluding carboxylic acids is 1. The fraction of sp³-hybridized carbons (Fsp3) is 0.312. The van der Waals surface area contributed by atoms with E-state index in [9.17, 15) is 4.79 Å². The first-order valence-corrected chi connectivity index (χ1v) is 7.43. The smallest absolute Gasteiger partial charge is 0.227 e. The van der Waals surface area contributed by atoms with Gasteiger partial charge in [-0.1, -0.05) is 30.3 Å². The highest BCUT2D eigenvalue weighted by atomic mass is 32.1. The molecule has 3 heteroatoms. The Labute approximate surface area is 118 Å². The molecule has 0 saturated carbocycles. The van der Waals surface area contributed by atoms with Gasteiger partial charge in [0, 0.05) is 11.4 Å². The van der Waals surface area contributed by atoms with E-state index in [4.69, 9.17) is 0 Å². The predicted octanol–water partition coefficient (Wildman–Crippen LogP) is 3.65. The molecule has 2 aromatic rings. The quantitative estimate of drug-likeness (QED) is 0.814. The van der Waals surface area contributed by atoms with Crippen molar-refractivity contribution >= 4 is 17.2 Å². The maximum atomic E-state index is 12.4. The van der Waals surface area contributed by atoms with E-state index in [2.05, 4.69) is 24.4 Å². The number of rotatable bonds is 5. The average Bonchev–Trinajstić information content (AvgIpc) is 2.91. The lowest BCUT2D eigenvalue weighted by atomic mass is 10.1. The third-order valence-electron chi connectivity index (χ3n) is 3.26. The summed E-state index contributed by atoms with van der Waals surface area (Å²) in [6.07, 6.45) is 0.492. The van der Waals surface area contributed by atoms with Crippen molar-refractivity contribution in [1.29, 1.82) is 0 Å². The molecule has 2 rings (SSSR count). The number of nitrogens with zero attached hydrogens (tertiary/aromatic N) is 1. The standard InChI is InChI=1S/C16H19NOS/c1-3-17(12-15-9-6-10-19-15)16(18)11-14-8-5-4-7-13(14)2/h4-10H,3,11-12H2,1-2H3. The fourth-order valence-corrected chi connectivity index (χ4v) is 2.77. The van der Waals surface area contributed by atoms with Gasteiger partial charge in [-0.25, -0.2) is 0 Å². The zero-order valence-electron chi connectivity index (χ0n) is 11.4. The zero-order chi connectivity index (χ0) is 13.7. The number of carbonyl (C=O) groups is 1. The van der Waals surface area contributed by atoms with Gasteiger partial charge in [0.2, 0.25) is 5.91 Å². The Hall–Kier alpha value is -1.61. The largest absolute Gasteiger partial charge is 0.338 e. The van der Waals surface area contributed by atoms with Crippen LogP contribution in [0.3, 0.4) is 0 Å².